The number of hydrogen-bond donors (Lipinski definition) is 2. The Balaban J connectivity index is 1.63. The summed E-state index contributed by atoms with van der Waals surface area (Å²) < 4.78 is 0. The predicted octanol–water partition coefficient (Wildman–Crippen LogP) is 4.43. The SMILES string of the molecule is Cc1ccc(C(Nc2ccc3[nH]ncc3c2)C2CC2)cc1. The molecule has 0 spiro atoms. The van der Waals surface area contributed by atoms with Crippen LogP contribution >= 0.6 is 0 Å². The van der Waals surface area contributed by atoms with Crippen LogP contribution in [0.5, 0.6) is 0 Å². The van der Waals surface area contributed by atoms with Crippen LogP contribution in [0.3, 0.4) is 0 Å². The van der Waals surface area contributed by atoms with E-state index in [1.54, 1.807) is 0 Å². The summed E-state index contributed by atoms with van der Waals surface area (Å²) in [5.41, 5.74) is 4.95. The predicted molar refractivity (Wildman–Crippen MR) is 86.4 cm³/mol. The zero-order valence-electron chi connectivity index (χ0n) is 12.1. The first-order chi connectivity index (χ1) is 10.3. The molecule has 0 saturated heterocycles. The van der Waals surface area contributed by atoms with Gasteiger partial charge in [-0.2, -0.15) is 5.10 Å². The van der Waals surface area contributed by atoms with Crippen LogP contribution in [0.15, 0.2) is 48.7 Å². The molecule has 1 heterocycles. The third-order valence-electron chi connectivity index (χ3n) is 4.29. The Kier molecular flexibility index (Phi) is 2.92. The monoisotopic (exact) mass is 277 g/mol. The van der Waals surface area contributed by atoms with Crippen LogP contribution in [0.4, 0.5) is 5.69 Å². The molecular formula is C18H19N3. The lowest BCUT2D eigenvalue weighted by Gasteiger charge is -2.20. The molecule has 2 N–H and O–H groups in total. The minimum atomic E-state index is 0.412. The van der Waals surface area contributed by atoms with Gasteiger partial charge in [0, 0.05) is 11.1 Å². The first-order valence-corrected chi connectivity index (χ1v) is 7.56. The summed E-state index contributed by atoms with van der Waals surface area (Å²) in [5.74, 6) is 0.757. The third-order valence-corrected chi connectivity index (χ3v) is 4.29. The van der Waals surface area contributed by atoms with Crippen molar-refractivity contribution in [1.29, 1.82) is 0 Å². The summed E-state index contributed by atoms with van der Waals surface area (Å²) in [7, 11) is 0. The Bertz CT molecular complexity index is 753. The number of fused-ring (bicyclic) bond motifs is 1. The van der Waals surface area contributed by atoms with Crippen molar-refractivity contribution >= 4 is 16.6 Å². The average Bonchev–Trinajstić information content (AvgIpc) is 3.23. The second-order valence-corrected chi connectivity index (χ2v) is 6.04. The first kappa shape index (κ1) is 12.5. The lowest BCUT2D eigenvalue weighted by atomic mass is 10.0. The van der Waals surface area contributed by atoms with Crippen LogP contribution < -0.4 is 5.32 Å². The van der Waals surface area contributed by atoms with Gasteiger partial charge < -0.3 is 5.32 Å². The molecule has 3 nitrogen and oxygen atoms in total. The van der Waals surface area contributed by atoms with Crippen LogP contribution in [0.1, 0.15) is 30.0 Å². The minimum absolute atomic E-state index is 0.412. The van der Waals surface area contributed by atoms with E-state index in [1.165, 1.54) is 29.7 Å². The molecular weight excluding hydrogens is 258 g/mol. The Hall–Kier alpha value is -2.29. The molecule has 3 aromatic rings. The second kappa shape index (κ2) is 4.92. The van der Waals surface area contributed by atoms with Crippen LogP contribution in [-0.4, -0.2) is 10.2 Å². The molecule has 1 unspecified atom stereocenters. The standard InChI is InChI=1S/C18H19N3/c1-12-2-4-13(5-3-12)18(14-6-7-14)20-16-8-9-17-15(10-16)11-19-21-17/h2-5,8-11,14,18,20H,6-7H2,1H3,(H,19,21). The maximum Gasteiger partial charge on any atom is 0.0651 e. The summed E-state index contributed by atoms with van der Waals surface area (Å²) in [6, 6.07) is 15.7. The molecule has 0 amide bonds. The molecule has 2 aromatic carbocycles. The van der Waals surface area contributed by atoms with Gasteiger partial charge in [-0.15, -0.1) is 0 Å². The van der Waals surface area contributed by atoms with Gasteiger partial charge in [-0.05, 0) is 49.4 Å². The fourth-order valence-electron chi connectivity index (χ4n) is 2.89. The van der Waals surface area contributed by atoms with Crippen molar-refractivity contribution in [2.24, 2.45) is 5.92 Å². The van der Waals surface area contributed by atoms with Crippen molar-refractivity contribution in [2.75, 3.05) is 5.32 Å². The number of anilines is 1. The molecule has 1 aliphatic rings. The highest BCUT2D eigenvalue weighted by Gasteiger charge is 2.32. The van der Waals surface area contributed by atoms with Crippen LogP contribution in [-0.2, 0) is 0 Å². The lowest BCUT2D eigenvalue weighted by molar-refractivity contribution is 0.679. The average molecular weight is 277 g/mol. The number of aryl methyl sites for hydroxylation is 1. The fraction of sp³-hybridized carbons (Fsp3) is 0.278. The molecule has 1 aromatic heterocycles. The van der Waals surface area contributed by atoms with Gasteiger partial charge in [-0.25, -0.2) is 0 Å². The van der Waals surface area contributed by atoms with E-state index in [2.05, 4.69) is 64.9 Å². The zero-order valence-corrected chi connectivity index (χ0v) is 12.1. The summed E-state index contributed by atoms with van der Waals surface area (Å²) in [4.78, 5) is 0. The van der Waals surface area contributed by atoms with E-state index in [0.717, 1.165) is 16.8 Å². The van der Waals surface area contributed by atoms with Gasteiger partial charge in [0.2, 0.25) is 0 Å². The van der Waals surface area contributed by atoms with Gasteiger partial charge in [0.05, 0.1) is 17.8 Å². The van der Waals surface area contributed by atoms with E-state index in [-0.39, 0.29) is 0 Å². The van der Waals surface area contributed by atoms with E-state index in [4.69, 9.17) is 0 Å². The van der Waals surface area contributed by atoms with Crippen molar-refractivity contribution in [3.63, 3.8) is 0 Å². The molecule has 1 fully saturated rings. The van der Waals surface area contributed by atoms with Crippen molar-refractivity contribution in [2.45, 2.75) is 25.8 Å². The summed E-state index contributed by atoms with van der Waals surface area (Å²) >= 11 is 0. The van der Waals surface area contributed by atoms with E-state index in [9.17, 15) is 0 Å². The highest BCUT2D eigenvalue weighted by atomic mass is 15.1. The van der Waals surface area contributed by atoms with Crippen molar-refractivity contribution in [3.8, 4) is 0 Å². The molecule has 21 heavy (non-hydrogen) atoms. The topological polar surface area (TPSA) is 40.7 Å². The maximum atomic E-state index is 4.08. The maximum absolute atomic E-state index is 4.08. The molecule has 3 heteroatoms. The van der Waals surface area contributed by atoms with Gasteiger partial charge in [0.25, 0.3) is 0 Å². The van der Waals surface area contributed by atoms with Gasteiger partial charge in [-0.3, -0.25) is 5.10 Å². The van der Waals surface area contributed by atoms with Crippen LogP contribution in [0, 0.1) is 12.8 Å². The van der Waals surface area contributed by atoms with Gasteiger partial charge >= 0.3 is 0 Å². The summed E-state index contributed by atoms with van der Waals surface area (Å²) in [6.45, 7) is 2.14. The molecule has 0 bridgehead atoms. The van der Waals surface area contributed by atoms with Crippen molar-refractivity contribution in [3.05, 3.63) is 59.8 Å². The smallest absolute Gasteiger partial charge is 0.0651 e. The number of rotatable bonds is 4. The van der Waals surface area contributed by atoms with Gasteiger partial charge in [-0.1, -0.05) is 29.8 Å². The first-order valence-electron chi connectivity index (χ1n) is 7.56. The van der Waals surface area contributed by atoms with Gasteiger partial charge in [0.15, 0.2) is 0 Å². The molecule has 106 valence electrons. The Labute approximate surface area is 124 Å². The zero-order chi connectivity index (χ0) is 14.2. The highest BCUT2D eigenvalue weighted by Crippen LogP contribution is 2.43. The number of nitrogens with one attached hydrogen (secondary N) is 2. The molecule has 1 saturated carbocycles. The van der Waals surface area contributed by atoms with E-state index in [0.29, 0.717) is 6.04 Å². The molecule has 0 aliphatic heterocycles. The summed E-state index contributed by atoms with van der Waals surface area (Å²) in [6.07, 6.45) is 4.51. The highest BCUT2D eigenvalue weighted by molar-refractivity contribution is 5.81. The Morgan fingerprint density at radius 2 is 1.95 bits per heavy atom. The summed E-state index contributed by atoms with van der Waals surface area (Å²) in [5, 5.41) is 11.9. The second-order valence-electron chi connectivity index (χ2n) is 6.04. The number of benzene rings is 2. The van der Waals surface area contributed by atoms with E-state index in [1.807, 2.05) is 6.20 Å². The van der Waals surface area contributed by atoms with Crippen molar-refractivity contribution < 1.29 is 0 Å². The molecule has 0 radical (unpaired) electrons. The molecule has 1 atom stereocenters. The van der Waals surface area contributed by atoms with Crippen LogP contribution in [0.2, 0.25) is 0 Å². The number of nitrogens with zero attached hydrogens (tertiary/aromatic N) is 1. The lowest BCUT2D eigenvalue weighted by Crippen LogP contribution is -2.12. The molecule has 4 rings (SSSR count). The Morgan fingerprint density at radius 1 is 1.14 bits per heavy atom. The number of hydrogen-bond acceptors (Lipinski definition) is 2. The minimum Gasteiger partial charge on any atom is -0.378 e. The molecule has 1 aliphatic carbocycles. The van der Waals surface area contributed by atoms with Gasteiger partial charge in [0.1, 0.15) is 0 Å². The number of aromatic amines is 1. The van der Waals surface area contributed by atoms with E-state index >= 15 is 0 Å². The number of aromatic nitrogens is 2. The quantitative estimate of drug-likeness (QED) is 0.740. The largest absolute Gasteiger partial charge is 0.378 e. The Morgan fingerprint density at radius 3 is 2.71 bits per heavy atom. The fourth-order valence-corrected chi connectivity index (χ4v) is 2.89. The normalized spacial score (nSPS) is 16.0. The third kappa shape index (κ3) is 2.51. The van der Waals surface area contributed by atoms with Crippen molar-refractivity contribution in [1.82, 2.24) is 10.2 Å². The van der Waals surface area contributed by atoms with Crippen LogP contribution in [0.25, 0.3) is 10.9 Å². The van der Waals surface area contributed by atoms with E-state index < -0.39 is 0 Å². The number of H-pyrrole nitrogens is 1.